The van der Waals surface area contributed by atoms with E-state index in [1.165, 1.54) is 13.1 Å². The van der Waals surface area contributed by atoms with Crippen LogP contribution in [0.3, 0.4) is 0 Å². The highest BCUT2D eigenvalue weighted by Gasteiger charge is 2.12. The van der Waals surface area contributed by atoms with Gasteiger partial charge in [-0.1, -0.05) is 0 Å². The van der Waals surface area contributed by atoms with Crippen LogP contribution in [0.2, 0.25) is 0 Å². The third-order valence-electron chi connectivity index (χ3n) is 2.51. The van der Waals surface area contributed by atoms with Gasteiger partial charge in [-0.2, -0.15) is 5.10 Å². The van der Waals surface area contributed by atoms with Crippen LogP contribution in [0.15, 0.2) is 24.4 Å². The van der Waals surface area contributed by atoms with E-state index in [2.05, 4.69) is 15.2 Å². The lowest BCUT2D eigenvalue weighted by Crippen LogP contribution is -2.04. The van der Waals surface area contributed by atoms with Crippen molar-refractivity contribution in [3.63, 3.8) is 0 Å². The van der Waals surface area contributed by atoms with Crippen LogP contribution in [0.1, 0.15) is 34.7 Å². The van der Waals surface area contributed by atoms with Crippen LogP contribution in [0, 0.1) is 0 Å². The van der Waals surface area contributed by atoms with Gasteiger partial charge in [-0.3, -0.25) is 14.9 Å². The Hall–Kier alpha value is -2.50. The Morgan fingerprint density at radius 1 is 1.32 bits per heavy atom. The number of rotatable bonds is 4. The first kappa shape index (κ1) is 12.9. The van der Waals surface area contributed by atoms with Crippen molar-refractivity contribution in [3.8, 4) is 11.4 Å². The third kappa shape index (κ3) is 2.85. The Balaban J connectivity index is 2.23. The molecule has 2 aromatic heterocycles. The number of esters is 1. The number of pyridine rings is 1. The van der Waals surface area contributed by atoms with Gasteiger partial charge in [0.1, 0.15) is 11.4 Å². The molecule has 19 heavy (non-hydrogen) atoms. The van der Waals surface area contributed by atoms with Crippen molar-refractivity contribution in [1.29, 1.82) is 0 Å². The monoisotopic (exact) mass is 259 g/mol. The van der Waals surface area contributed by atoms with Gasteiger partial charge in [0.2, 0.25) is 0 Å². The minimum absolute atomic E-state index is 0.0479. The number of H-pyrrole nitrogens is 1. The highest BCUT2D eigenvalue weighted by Crippen LogP contribution is 2.16. The molecule has 98 valence electrons. The molecule has 2 aromatic rings. The molecule has 0 aliphatic rings. The Morgan fingerprint density at radius 2 is 2.11 bits per heavy atom. The average molecular weight is 259 g/mol. The van der Waals surface area contributed by atoms with Crippen LogP contribution < -0.4 is 0 Å². The summed E-state index contributed by atoms with van der Waals surface area (Å²) in [6, 6.07) is 4.92. The maximum atomic E-state index is 11.5. The van der Waals surface area contributed by atoms with Gasteiger partial charge in [0, 0.05) is 17.8 Å². The van der Waals surface area contributed by atoms with Gasteiger partial charge in [0.05, 0.1) is 12.3 Å². The number of aromatic amines is 1. The van der Waals surface area contributed by atoms with Crippen molar-refractivity contribution in [2.45, 2.75) is 13.8 Å². The van der Waals surface area contributed by atoms with E-state index in [1.807, 2.05) is 0 Å². The standard InChI is InChI=1S/C13H13N3O3/c1-3-19-13(18)12-6-11(15-16-12)10-5-4-9(7-14-10)8(2)17/h4-7H,3H2,1-2H3,(H,15,16). The molecule has 0 saturated carbocycles. The van der Waals surface area contributed by atoms with E-state index >= 15 is 0 Å². The largest absolute Gasteiger partial charge is 0.461 e. The molecule has 0 unspecified atom stereocenters. The first-order valence-corrected chi connectivity index (χ1v) is 5.81. The second-order valence-electron chi connectivity index (χ2n) is 3.88. The van der Waals surface area contributed by atoms with Gasteiger partial charge in [-0.05, 0) is 26.0 Å². The van der Waals surface area contributed by atoms with E-state index in [-0.39, 0.29) is 11.5 Å². The fraction of sp³-hybridized carbons (Fsp3) is 0.231. The van der Waals surface area contributed by atoms with Gasteiger partial charge in [-0.25, -0.2) is 4.79 Å². The van der Waals surface area contributed by atoms with Crippen molar-refractivity contribution < 1.29 is 14.3 Å². The van der Waals surface area contributed by atoms with Crippen molar-refractivity contribution in [1.82, 2.24) is 15.2 Å². The number of carbonyl (C=O) groups is 2. The summed E-state index contributed by atoms with van der Waals surface area (Å²) < 4.78 is 4.85. The van der Waals surface area contributed by atoms with E-state index in [9.17, 15) is 9.59 Å². The summed E-state index contributed by atoms with van der Waals surface area (Å²) in [5.41, 5.74) is 1.91. The number of hydrogen-bond acceptors (Lipinski definition) is 5. The van der Waals surface area contributed by atoms with Crippen LogP contribution >= 0.6 is 0 Å². The quantitative estimate of drug-likeness (QED) is 0.669. The second kappa shape index (κ2) is 5.43. The van der Waals surface area contributed by atoms with E-state index in [0.717, 1.165) is 0 Å². The Labute approximate surface area is 109 Å². The summed E-state index contributed by atoms with van der Waals surface area (Å²) in [7, 11) is 0. The number of ether oxygens (including phenoxy) is 1. The molecule has 2 heterocycles. The number of ketones is 1. The predicted molar refractivity (Wildman–Crippen MR) is 67.8 cm³/mol. The van der Waals surface area contributed by atoms with Gasteiger partial charge in [0.15, 0.2) is 5.78 Å². The summed E-state index contributed by atoms with van der Waals surface area (Å²) in [6.45, 7) is 3.51. The Bertz CT molecular complexity index is 602. The lowest BCUT2D eigenvalue weighted by molar-refractivity contribution is 0.0519. The zero-order valence-electron chi connectivity index (χ0n) is 10.6. The van der Waals surface area contributed by atoms with Gasteiger partial charge in [0.25, 0.3) is 0 Å². The fourth-order valence-corrected chi connectivity index (χ4v) is 1.52. The maximum absolute atomic E-state index is 11.5. The first-order valence-electron chi connectivity index (χ1n) is 5.81. The molecule has 6 heteroatoms. The highest BCUT2D eigenvalue weighted by atomic mass is 16.5. The topological polar surface area (TPSA) is 84.9 Å². The zero-order valence-corrected chi connectivity index (χ0v) is 10.6. The number of Topliss-reactive ketones (excluding diaryl/α,β-unsaturated/α-hetero) is 1. The van der Waals surface area contributed by atoms with Crippen LogP contribution in [0.4, 0.5) is 0 Å². The molecule has 0 saturated heterocycles. The molecule has 0 fully saturated rings. The molecular formula is C13H13N3O3. The fourth-order valence-electron chi connectivity index (χ4n) is 1.52. The number of hydrogen-bond donors (Lipinski definition) is 1. The number of aromatic nitrogens is 3. The Kier molecular flexibility index (Phi) is 3.70. The molecule has 0 aliphatic heterocycles. The van der Waals surface area contributed by atoms with E-state index in [1.54, 1.807) is 25.1 Å². The van der Waals surface area contributed by atoms with Gasteiger partial charge >= 0.3 is 5.97 Å². The van der Waals surface area contributed by atoms with E-state index < -0.39 is 5.97 Å². The molecule has 0 bridgehead atoms. The minimum Gasteiger partial charge on any atom is -0.461 e. The normalized spacial score (nSPS) is 10.2. The highest BCUT2D eigenvalue weighted by molar-refractivity contribution is 5.94. The first-order chi connectivity index (χ1) is 9.11. The summed E-state index contributed by atoms with van der Waals surface area (Å²) >= 11 is 0. The lowest BCUT2D eigenvalue weighted by Gasteiger charge is -1.97. The Morgan fingerprint density at radius 3 is 2.68 bits per heavy atom. The number of nitrogens with one attached hydrogen (secondary N) is 1. The SMILES string of the molecule is CCOC(=O)c1cc(-c2ccc(C(C)=O)cn2)n[nH]1. The molecule has 2 rings (SSSR count). The molecule has 0 radical (unpaired) electrons. The summed E-state index contributed by atoms with van der Waals surface area (Å²) in [5, 5.41) is 6.59. The van der Waals surface area contributed by atoms with Gasteiger partial charge < -0.3 is 4.74 Å². The van der Waals surface area contributed by atoms with Crippen molar-refractivity contribution in [2.75, 3.05) is 6.61 Å². The smallest absolute Gasteiger partial charge is 0.356 e. The molecule has 0 spiro atoms. The van der Waals surface area contributed by atoms with E-state index in [0.29, 0.717) is 23.6 Å². The second-order valence-corrected chi connectivity index (χ2v) is 3.88. The molecular weight excluding hydrogens is 246 g/mol. The predicted octanol–water partition coefficient (Wildman–Crippen LogP) is 1.85. The average Bonchev–Trinajstić information content (AvgIpc) is 2.89. The summed E-state index contributed by atoms with van der Waals surface area (Å²) in [4.78, 5) is 26.7. The molecule has 1 N–H and O–H groups in total. The lowest BCUT2D eigenvalue weighted by atomic mass is 10.2. The zero-order chi connectivity index (χ0) is 13.8. The molecule has 6 nitrogen and oxygen atoms in total. The van der Waals surface area contributed by atoms with Crippen LogP contribution in [0.25, 0.3) is 11.4 Å². The van der Waals surface area contributed by atoms with Crippen molar-refractivity contribution in [2.24, 2.45) is 0 Å². The van der Waals surface area contributed by atoms with Crippen molar-refractivity contribution >= 4 is 11.8 Å². The van der Waals surface area contributed by atoms with Crippen molar-refractivity contribution in [3.05, 3.63) is 35.7 Å². The number of carbonyl (C=O) groups excluding carboxylic acids is 2. The van der Waals surface area contributed by atoms with E-state index in [4.69, 9.17) is 4.74 Å². The molecule has 0 amide bonds. The maximum Gasteiger partial charge on any atom is 0.356 e. The van der Waals surface area contributed by atoms with Crippen LogP contribution in [-0.2, 0) is 4.74 Å². The molecule has 0 aliphatic carbocycles. The molecule has 0 atom stereocenters. The number of nitrogens with zero attached hydrogens (tertiary/aromatic N) is 2. The summed E-state index contributed by atoms with van der Waals surface area (Å²) in [5.74, 6) is -0.505. The van der Waals surface area contributed by atoms with Gasteiger partial charge in [-0.15, -0.1) is 0 Å². The third-order valence-corrected chi connectivity index (χ3v) is 2.51. The summed E-state index contributed by atoms with van der Waals surface area (Å²) in [6.07, 6.45) is 1.48. The minimum atomic E-state index is -0.457. The van der Waals surface area contributed by atoms with Crippen LogP contribution in [0.5, 0.6) is 0 Å². The van der Waals surface area contributed by atoms with Crippen LogP contribution in [-0.4, -0.2) is 33.5 Å². The molecule has 0 aromatic carbocycles.